The SMILES string of the molecule is CCC1(CNC(=O)c2cc(Cl)ccc2[N+](=O)[O-])CCCC1. The van der Waals surface area contributed by atoms with Crippen LogP contribution >= 0.6 is 11.6 Å². The van der Waals surface area contributed by atoms with Gasteiger partial charge in [-0.2, -0.15) is 0 Å². The number of halogens is 1. The highest BCUT2D eigenvalue weighted by atomic mass is 35.5. The van der Waals surface area contributed by atoms with E-state index in [-0.39, 0.29) is 16.7 Å². The molecule has 0 unspecified atom stereocenters. The third kappa shape index (κ3) is 3.53. The van der Waals surface area contributed by atoms with Crippen LogP contribution in [0, 0.1) is 15.5 Å². The van der Waals surface area contributed by atoms with Crippen molar-refractivity contribution in [2.24, 2.45) is 5.41 Å². The van der Waals surface area contributed by atoms with Crippen LogP contribution in [-0.2, 0) is 0 Å². The summed E-state index contributed by atoms with van der Waals surface area (Å²) in [5, 5.41) is 14.2. The Hall–Kier alpha value is -1.62. The van der Waals surface area contributed by atoms with Crippen LogP contribution in [0.2, 0.25) is 5.02 Å². The smallest absolute Gasteiger partial charge is 0.282 e. The van der Waals surface area contributed by atoms with Gasteiger partial charge in [0.25, 0.3) is 11.6 Å². The van der Waals surface area contributed by atoms with E-state index in [1.165, 1.54) is 31.0 Å². The second-order valence-electron chi connectivity index (χ2n) is 5.66. The van der Waals surface area contributed by atoms with E-state index in [1.54, 1.807) is 0 Å². The van der Waals surface area contributed by atoms with Crippen molar-refractivity contribution < 1.29 is 9.72 Å². The average Bonchev–Trinajstić information content (AvgIpc) is 2.94. The van der Waals surface area contributed by atoms with Crippen LogP contribution < -0.4 is 5.32 Å². The van der Waals surface area contributed by atoms with Gasteiger partial charge in [0.15, 0.2) is 0 Å². The van der Waals surface area contributed by atoms with Crippen molar-refractivity contribution in [2.75, 3.05) is 6.54 Å². The normalized spacial score (nSPS) is 16.7. The van der Waals surface area contributed by atoms with Crippen LogP contribution in [0.4, 0.5) is 5.69 Å². The number of nitrogens with one attached hydrogen (secondary N) is 1. The number of carbonyl (C=O) groups excluding carboxylic acids is 1. The van der Waals surface area contributed by atoms with Gasteiger partial charge in [-0.3, -0.25) is 14.9 Å². The van der Waals surface area contributed by atoms with Gasteiger partial charge in [-0.15, -0.1) is 0 Å². The second-order valence-corrected chi connectivity index (χ2v) is 6.10. The van der Waals surface area contributed by atoms with Crippen molar-refractivity contribution in [1.82, 2.24) is 5.32 Å². The number of rotatable bonds is 5. The largest absolute Gasteiger partial charge is 0.351 e. The van der Waals surface area contributed by atoms with Gasteiger partial charge < -0.3 is 5.32 Å². The molecule has 1 N–H and O–H groups in total. The summed E-state index contributed by atoms with van der Waals surface area (Å²) in [5.41, 5.74) is -0.0474. The highest BCUT2D eigenvalue weighted by Crippen LogP contribution is 2.40. The molecule has 0 atom stereocenters. The zero-order valence-corrected chi connectivity index (χ0v) is 12.8. The minimum absolute atomic E-state index is 0.0248. The summed E-state index contributed by atoms with van der Waals surface area (Å²) < 4.78 is 0. The number of nitro benzene ring substituents is 1. The molecule has 0 saturated heterocycles. The fourth-order valence-corrected chi connectivity index (χ4v) is 3.16. The van der Waals surface area contributed by atoms with Crippen molar-refractivity contribution in [3.05, 3.63) is 38.9 Å². The highest BCUT2D eigenvalue weighted by Gasteiger charge is 2.33. The van der Waals surface area contributed by atoms with Gasteiger partial charge in [0.05, 0.1) is 4.92 Å². The topological polar surface area (TPSA) is 72.2 Å². The maximum Gasteiger partial charge on any atom is 0.282 e. The first kappa shape index (κ1) is 15.8. The highest BCUT2D eigenvalue weighted by molar-refractivity contribution is 6.31. The molecule has 0 radical (unpaired) electrons. The molecule has 1 aromatic rings. The zero-order valence-electron chi connectivity index (χ0n) is 12.0. The van der Waals surface area contributed by atoms with Gasteiger partial charge in [0.1, 0.15) is 5.56 Å². The minimum atomic E-state index is -0.559. The summed E-state index contributed by atoms with van der Waals surface area (Å²) in [7, 11) is 0. The minimum Gasteiger partial charge on any atom is -0.351 e. The third-order valence-corrected chi connectivity index (χ3v) is 4.67. The maximum atomic E-state index is 12.3. The molecule has 1 aromatic carbocycles. The predicted octanol–water partition coefficient (Wildman–Crippen LogP) is 3.95. The molecule has 6 heteroatoms. The molecule has 1 fully saturated rings. The lowest BCUT2D eigenvalue weighted by atomic mass is 9.83. The van der Waals surface area contributed by atoms with Crippen molar-refractivity contribution in [1.29, 1.82) is 0 Å². The molecule has 2 rings (SSSR count). The molecule has 5 nitrogen and oxygen atoms in total. The Labute approximate surface area is 128 Å². The van der Waals surface area contributed by atoms with Crippen LogP contribution in [-0.4, -0.2) is 17.4 Å². The van der Waals surface area contributed by atoms with E-state index in [1.807, 2.05) is 0 Å². The molecule has 1 amide bonds. The summed E-state index contributed by atoms with van der Waals surface area (Å²) in [6, 6.07) is 4.03. The Bertz CT molecular complexity index is 554. The Balaban J connectivity index is 2.13. The number of nitrogens with zero attached hydrogens (tertiary/aromatic N) is 1. The van der Waals surface area contributed by atoms with Crippen molar-refractivity contribution in [3.63, 3.8) is 0 Å². The Kier molecular flexibility index (Phi) is 4.83. The Morgan fingerprint density at radius 2 is 2.10 bits per heavy atom. The van der Waals surface area contributed by atoms with E-state index in [0.29, 0.717) is 11.6 Å². The quantitative estimate of drug-likeness (QED) is 0.661. The van der Waals surface area contributed by atoms with Gasteiger partial charge in [-0.1, -0.05) is 31.4 Å². The fraction of sp³-hybridized carbons (Fsp3) is 0.533. The number of amides is 1. The monoisotopic (exact) mass is 310 g/mol. The van der Waals surface area contributed by atoms with E-state index in [0.717, 1.165) is 19.3 Å². The molecule has 1 aliphatic carbocycles. The number of hydrogen-bond acceptors (Lipinski definition) is 3. The number of benzene rings is 1. The van der Waals surface area contributed by atoms with E-state index >= 15 is 0 Å². The Morgan fingerprint density at radius 1 is 1.43 bits per heavy atom. The lowest BCUT2D eigenvalue weighted by Gasteiger charge is -2.27. The van der Waals surface area contributed by atoms with E-state index in [4.69, 9.17) is 11.6 Å². The van der Waals surface area contributed by atoms with Crippen molar-refractivity contribution >= 4 is 23.2 Å². The van der Waals surface area contributed by atoms with Gasteiger partial charge in [0, 0.05) is 17.6 Å². The van der Waals surface area contributed by atoms with Crippen LogP contribution in [0.3, 0.4) is 0 Å². The standard InChI is InChI=1S/C15H19ClN2O3/c1-2-15(7-3-4-8-15)10-17-14(19)12-9-11(16)5-6-13(12)18(20)21/h5-6,9H,2-4,7-8,10H2,1H3,(H,17,19). The summed E-state index contributed by atoms with van der Waals surface area (Å²) in [6.45, 7) is 2.69. The molecular weight excluding hydrogens is 292 g/mol. The number of nitro groups is 1. The lowest BCUT2D eigenvalue weighted by Crippen LogP contribution is -2.35. The molecule has 1 aliphatic rings. The molecule has 0 spiro atoms. The first-order valence-electron chi connectivity index (χ1n) is 7.19. The summed E-state index contributed by atoms with van der Waals surface area (Å²) in [4.78, 5) is 22.7. The van der Waals surface area contributed by atoms with Gasteiger partial charge in [0.2, 0.25) is 0 Å². The summed E-state index contributed by atoms with van der Waals surface area (Å²) >= 11 is 5.84. The van der Waals surface area contributed by atoms with Gasteiger partial charge in [-0.05, 0) is 36.8 Å². The first-order chi connectivity index (χ1) is 9.97. The molecule has 0 bridgehead atoms. The van der Waals surface area contributed by atoms with Crippen molar-refractivity contribution in [3.8, 4) is 0 Å². The molecule has 0 heterocycles. The number of hydrogen-bond donors (Lipinski definition) is 1. The summed E-state index contributed by atoms with van der Waals surface area (Å²) in [6.07, 6.45) is 5.57. The first-order valence-corrected chi connectivity index (χ1v) is 7.57. The van der Waals surface area contributed by atoms with Crippen LogP contribution in [0.25, 0.3) is 0 Å². The molecule has 21 heavy (non-hydrogen) atoms. The van der Waals surface area contributed by atoms with Gasteiger partial charge >= 0.3 is 0 Å². The van der Waals surface area contributed by atoms with Crippen LogP contribution in [0.15, 0.2) is 18.2 Å². The predicted molar refractivity (Wildman–Crippen MR) is 81.6 cm³/mol. The molecule has 0 aliphatic heterocycles. The second kappa shape index (κ2) is 6.43. The van der Waals surface area contributed by atoms with Crippen molar-refractivity contribution in [2.45, 2.75) is 39.0 Å². The van der Waals surface area contributed by atoms with Crippen LogP contribution in [0.1, 0.15) is 49.4 Å². The third-order valence-electron chi connectivity index (χ3n) is 4.44. The van der Waals surface area contributed by atoms with E-state index < -0.39 is 10.8 Å². The van der Waals surface area contributed by atoms with E-state index in [9.17, 15) is 14.9 Å². The fourth-order valence-electron chi connectivity index (χ4n) is 2.99. The summed E-state index contributed by atoms with van der Waals surface area (Å²) in [5.74, 6) is -0.427. The molecule has 0 aromatic heterocycles. The van der Waals surface area contributed by atoms with Crippen LogP contribution in [0.5, 0.6) is 0 Å². The lowest BCUT2D eigenvalue weighted by molar-refractivity contribution is -0.385. The Morgan fingerprint density at radius 3 is 2.67 bits per heavy atom. The van der Waals surface area contributed by atoms with E-state index in [2.05, 4.69) is 12.2 Å². The van der Waals surface area contributed by atoms with Gasteiger partial charge in [-0.25, -0.2) is 0 Å². The number of carbonyl (C=O) groups is 1. The average molecular weight is 311 g/mol. The zero-order chi connectivity index (χ0) is 15.5. The molecule has 1 saturated carbocycles. The maximum absolute atomic E-state index is 12.3. The molecule has 114 valence electrons. The molecular formula is C15H19ClN2O3.